The number of nitriles is 2. The van der Waals surface area contributed by atoms with Gasteiger partial charge in [0.25, 0.3) is 0 Å². The first-order valence-electron chi connectivity index (χ1n) is 18.9. The summed E-state index contributed by atoms with van der Waals surface area (Å²) in [6.45, 7) is 13.8. The van der Waals surface area contributed by atoms with Crippen LogP contribution in [-0.4, -0.2) is 55.1 Å². The molecule has 1 aliphatic rings. The Morgan fingerprint density at radius 2 is 1.18 bits per heavy atom. The van der Waals surface area contributed by atoms with E-state index >= 15 is 0 Å². The lowest BCUT2D eigenvalue weighted by molar-refractivity contribution is -0.109. The smallest absolute Gasteiger partial charge is 0.207 e. The zero-order valence-corrected chi connectivity index (χ0v) is 32.2. The Morgan fingerprint density at radius 1 is 0.727 bits per heavy atom. The van der Waals surface area contributed by atoms with Gasteiger partial charge < -0.3 is 34.4 Å². The molecule has 55 heavy (non-hydrogen) atoms. The van der Waals surface area contributed by atoms with E-state index in [9.17, 15) is 15.3 Å². The number of ether oxygens (including phenoxy) is 3. The summed E-state index contributed by atoms with van der Waals surface area (Å²) in [6.07, 6.45) is 3.21. The highest BCUT2D eigenvalue weighted by Crippen LogP contribution is 2.36. The summed E-state index contributed by atoms with van der Waals surface area (Å²) < 4.78 is 20.5. The predicted molar refractivity (Wildman–Crippen MR) is 219 cm³/mol. The average molecular weight is 739 g/mol. The molecule has 284 valence electrons. The SMILES string of the molecule is C1CCOC1.CCn1c(-c2ccc(OCCN)cc2)c(C#N)c2ccc(C)cc21.CCn1c(-c2ccc(OCCNC=O)cc2)c(C#N)c2ccc(C)cc21. The van der Waals surface area contributed by atoms with E-state index in [1.807, 2.05) is 66.7 Å². The number of hydrogen-bond acceptors (Lipinski definition) is 7. The van der Waals surface area contributed by atoms with Crippen LogP contribution in [0, 0.1) is 36.5 Å². The third kappa shape index (κ3) is 9.54. The van der Waals surface area contributed by atoms with E-state index in [0.29, 0.717) is 38.3 Å². The van der Waals surface area contributed by atoms with Crippen LogP contribution in [0.5, 0.6) is 11.5 Å². The number of hydrogen-bond donors (Lipinski definition) is 2. The van der Waals surface area contributed by atoms with Crippen LogP contribution >= 0.6 is 0 Å². The van der Waals surface area contributed by atoms with Crippen molar-refractivity contribution in [3.8, 4) is 46.2 Å². The van der Waals surface area contributed by atoms with Gasteiger partial charge in [0.1, 0.15) is 36.9 Å². The summed E-state index contributed by atoms with van der Waals surface area (Å²) in [6, 6.07) is 32.8. The highest BCUT2D eigenvalue weighted by Gasteiger charge is 2.19. The number of aryl methyl sites for hydroxylation is 4. The second kappa shape index (κ2) is 19.8. The molecule has 1 aliphatic heterocycles. The van der Waals surface area contributed by atoms with Crippen molar-refractivity contribution in [2.24, 2.45) is 5.73 Å². The monoisotopic (exact) mass is 738 g/mol. The van der Waals surface area contributed by atoms with Crippen molar-refractivity contribution >= 4 is 28.2 Å². The first kappa shape index (κ1) is 40.1. The van der Waals surface area contributed by atoms with E-state index < -0.39 is 0 Å². The lowest BCUT2D eigenvalue weighted by Gasteiger charge is -2.10. The van der Waals surface area contributed by atoms with Crippen LogP contribution in [0.15, 0.2) is 84.9 Å². The van der Waals surface area contributed by atoms with Crippen molar-refractivity contribution < 1.29 is 19.0 Å². The van der Waals surface area contributed by atoms with Gasteiger partial charge in [-0.3, -0.25) is 4.79 Å². The fourth-order valence-electron chi connectivity index (χ4n) is 6.79. The van der Waals surface area contributed by atoms with Gasteiger partial charge >= 0.3 is 0 Å². The normalized spacial score (nSPS) is 11.8. The molecule has 3 heterocycles. The second-order valence-corrected chi connectivity index (χ2v) is 13.1. The second-order valence-electron chi connectivity index (χ2n) is 13.1. The van der Waals surface area contributed by atoms with Crippen molar-refractivity contribution in [3.63, 3.8) is 0 Å². The fraction of sp³-hybridized carbons (Fsp3) is 0.311. The highest BCUT2D eigenvalue weighted by molar-refractivity contribution is 5.96. The molecule has 1 saturated heterocycles. The zero-order valence-electron chi connectivity index (χ0n) is 32.2. The number of nitrogens with one attached hydrogen (secondary N) is 1. The minimum Gasteiger partial charge on any atom is -0.492 e. The van der Waals surface area contributed by atoms with Crippen molar-refractivity contribution in [2.45, 2.75) is 53.6 Å². The molecule has 0 spiro atoms. The van der Waals surface area contributed by atoms with Gasteiger partial charge in [0, 0.05) is 43.6 Å². The van der Waals surface area contributed by atoms with Gasteiger partial charge in [0.15, 0.2) is 0 Å². The summed E-state index contributed by atoms with van der Waals surface area (Å²) in [5.41, 5.74) is 15.3. The number of rotatable bonds is 12. The Labute approximate surface area is 323 Å². The Morgan fingerprint density at radius 3 is 1.55 bits per heavy atom. The quantitative estimate of drug-likeness (QED) is 0.0951. The number of nitrogens with zero attached hydrogens (tertiary/aromatic N) is 4. The van der Waals surface area contributed by atoms with Crippen LogP contribution in [-0.2, 0) is 22.6 Å². The maximum atomic E-state index is 10.2. The lowest BCUT2D eigenvalue weighted by Crippen LogP contribution is -2.18. The summed E-state index contributed by atoms with van der Waals surface area (Å²) in [5, 5.41) is 24.0. The Balaban J connectivity index is 0.000000187. The van der Waals surface area contributed by atoms with E-state index in [0.717, 1.165) is 87.7 Å². The number of carbonyl (C=O) groups excluding carboxylic acids is 1. The van der Waals surface area contributed by atoms with E-state index in [4.69, 9.17) is 19.9 Å². The molecule has 1 fully saturated rings. The summed E-state index contributed by atoms with van der Waals surface area (Å²) in [7, 11) is 0. The molecule has 7 rings (SSSR count). The number of carbonyl (C=O) groups is 1. The maximum Gasteiger partial charge on any atom is 0.207 e. The molecule has 0 atom stereocenters. The molecule has 6 aromatic rings. The van der Waals surface area contributed by atoms with Crippen LogP contribution in [0.2, 0.25) is 0 Å². The molecule has 0 aliphatic carbocycles. The van der Waals surface area contributed by atoms with Crippen LogP contribution in [0.1, 0.15) is 48.9 Å². The number of aromatic nitrogens is 2. The van der Waals surface area contributed by atoms with Gasteiger partial charge in [-0.05, 0) is 123 Å². The molecular formula is C45H50N6O4. The molecule has 2 aromatic heterocycles. The fourth-order valence-corrected chi connectivity index (χ4v) is 6.79. The molecule has 0 bridgehead atoms. The van der Waals surface area contributed by atoms with Crippen LogP contribution in [0.3, 0.4) is 0 Å². The predicted octanol–water partition coefficient (Wildman–Crippen LogP) is 8.28. The molecule has 0 saturated carbocycles. The van der Waals surface area contributed by atoms with Gasteiger partial charge in [-0.2, -0.15) is 10.5 Å². The minimum atomic E-state index is 0.413. The van der Waals surface area contributed by atoms with E-state index in [1.165, 1.54) is 24.0 Å². The minimum absolute atomic E-state index is 0.413. The number of amides is 1. The molecule has 4 aromatic carbocycles. The van der Waals surface area contributed by atoms with Gasteiger partial charge in [0.2, 0.25) is 6.41 Å². The third-order valence-corrected chi connectivity index (χ3v) is 9.36. The number of nitrogens with two attached hydrogens (primary N) is 1. The van der Waals surface area contributed by atoms with Crippen molar-refractivity contribution in [3.05, 3.63) is 107 Å². The van der Waals surface area contributed by atoms with Crippen LogP contribution in [0.25, 0.3) is 44.3 Å². The van der Waals surface area contributed by atoms with Gasteiger partial charge in [-0.25, -0.2) is 0 Å². The van der Waals surface area contributed by atoms with E-state index in [1.54, 1.807) is 0 Å². The van der Waals surface area contributed by atoms with Gasteiger partial charge in [-0.15, -0.1) is 0 Å². The van der Waals surface area contributed by atoms with E-state index in [-0.39, 0.29) is 0 Å². The highest BCUT2D eigenvalue weighted by atomic mass is 16.5. The largest absolute Gasteiger partial charge is 0.492 e. The lowest BCUT2D eigenvalue weighted by atomic mass is 10.1. The molecule has 10 nitrogen and oxygen atoms in total. The zero-order chi connectivity index (χ0) is 39.2. The first-order chi connectivity index (χ1) is 26.9. The summed E-state index contributed by atoms with van der Waals surface area (Å²) >= 11 is 0. The van der Waals surface area contributed by atoms with Crippen LogP contribution in [0.4, 0.5) is 0 Å². The first-order valence-corrected chi connectivity index (χ1v) is 18.9. The van der Waals surface area contributed by atoms with Crippen molar-refractivity contribution in [1.82, 2.24) is 14.5 Å². The molecular weight excluding hydrogens is 689 g/mol. The Bertz CT molecular complexity index is 2260. The standard InChI is InChI=1S/C21H21N3O2.C20H21N3O.C4H8O/c1-3-24-20-12-15(2)4-9-18(20)19(13-22)21(24)16-5-7-17(8-6-16)26-11-10-23-14-25;1-3-23-19-12-14(2)4-9-17(19)18(13-22)20(23)15-5-7-16(8-6-15)24-11-10-21;1-2-4-5-3-1/h4-9,12,14H,3,10-11H2,1-2H3,(H,23,25);4-9,12H,3,10-11,21H2,1-2H3;1-4H2. The summed E-state index contributed by atoms with van der Waals surface area (Å²) in [4.78, 5) is 10.2. The number of fused-ring (bicyclic) bond motifs is 2. The molecule has 3 N–H and O–H groups in total. The number of benzene rings is 4. The molecule has 0 unspecified atom stereocenters. The van der Waals surface area contributed by atoms with Gasteiger partial charge in [0.05, 0.1) is 40.1 Å². The van der Waals surface area contributed by atoms with Crippen molar-refractivity contribution in [1.29, 1.82) is 10.5 Å². The molecule has 0 radical (unpaired) electrons. The van der Waals surface area contributed by atoms with Crippen LogP contribution < -0.4 is 20.5 Å². The Kier molecular flexibility index (Phi) is 14.5. The molecule has 10 heteroatoms. The average Bonchev–Trinajstić information content (AvgIpc) is 3.97. The van der Waals surface area contributed by atoms with Crippen molar-refractivity contribution in [2.75, 3.05) is 39.5 Å². The third-order valence-electron chi connectivity index (χ3n) is 9.36. The van der Waals surface area contributed by atoms with E-state index in [2.05, 4.69) is 72.5 Å². The molecule has 1 amide bonds. The topological polar surface area (TPSA) is 140 Å². The van der Waals surface area contributed by atoms with Gasteiger partial charge in [-0.1, -0.05) is 24.3 Å². The Hall–Kier alpha value is -6.07. The summed E-state index contributed by atoms with van der Waals surface area (Å²) in [5.74, 6) is 1.52. The maximum absolute atomic E-state index is 10.2.